The zero-order valence-corrected chi connectivity index (χ0v) is 10.5. The van der Waals surface area contributed by atoms with Crippen molar-refractivity contribution in [3.8, 4) is 0 Å². The van der Waals surface area contributed by atoms with Gasteiger partial charge < -0.3 is 20.5 Å². The van der Waals surface area contributed by atoms with E-state index in [1.165, 1.54) is 0 Å². The molecule has 0 unspecified atom stereocenters. The van der Waals surface area contributed by atoms with Gasteiger partial charge in [-0.3, -0.25) is 4.99 Å². The van der Waals surface area contributed by atoms with E-state index >= 15 is 0 Å². The van der Waals surface area contributed by atoms with E-state index in [-0.39, 0.29) is 6.61 Å². The van der Waals surface area contributed by atoms with Gasteiger partial charge in [-0.25, -0.2) is 0 Å². The van der Waals surface area contributed by atoms with Crippen molar-refractivity contribution in [3.63, 3.8) is 0 Å². The molecular weight excluding hydrogens is 206 g/mol. The van der Waals surface area contributed by atoms with Crippen LogP contribution in [0.5, 0.6) is 0 Å². The lowest BCUT2D eigenvalue weighted by Crippen LogP contribution is -2.38. The molecule has 0 aromatic heterocycles. The average molecular weight is 231 g/mol. The van der Waals surface area contributed by atoms with Gasteiger partial charge >= 0.3 is 0 Å². The number of hydrogen-bond donors (Lipinski definition) is 3. The highest BCUT2D eigenvalue weighted by Gasteiger charge is 1.94. The molecular formula is C11H25N3O2. The van der Waals surface area contributed by atoms with Crippen LogP contribution in [0.15, 0.2) is 4.99 Å². The minimum absolute atomic E-state index is 0.120. The summed E-state index contributed by atoms with van der Waals surface area (Å²) in [6.45, 7) is 7.88. The maximum atomic E-state index is 8.69. The third-order valence-electron chi connectivity index (χ3n) is 1.92. The molecule has 5 heteroatoms. The molecule has 0 heterocycles. The van der Waals surface area contributed by atoms with E-state index in [4.69, 9.17) is 9.84 Å². The van der Waals surface area contributed by atoms with E-state index in [1.54, 1.807) is 0 Å². The van der Waals surface area contributed by atoms with Gasteiger partial charge in [0.2, 0.25) is 0 Å². The quantitative estimate of drug-likeness (QED) is 0.304. The van der Waals surface area contributed by atoms with Gasteiger partial charge in [0.05, 0.1) is 6.61 Å². The molecule has 0 atom stereocenters. The Morgan fingerprint density at radius 1 is 1.25 bits per heavy atom. The predicted molar refractivity (Wildman–Crippen MR) is 66.8 cm³/mol. The van der Waals surface area contributed by atoms with Crippen molar-refractivity contribution in [2.75, 3.05) is 39.5 Å². The van der Waals surface area contributed by atoms with E-state index < -0.39 is 0 Å². The number of aliphatic hydroxyl groups excluding tert-OH is 1. The Morgan fingerprint density at radius 3 is 2.69 bits per heavy atom. The van der Waals surface area contributed by atoms with Gasteiger partial charge in [0.15, 0.2) is 5.96 Å². The SMILES string of the molecule is CCNC(=NCCCCOCC)NCCO. The smallest absolute Gasteiger partial charge is 0.191 e. The average Bonchev–Trinajstić information content (AvgIpc) is 2.30. The molecule has 0 saturated carbocycles. The molecule has 0 aromatic carbocycles. The van der Waals surface area contributed by atoms with Gasteiger partial charge in [0, 0.05) is 32.8 Å². The molecule has 3 N–H and O–H groups in total. The zero-order chi connectivity index (χ0) is 12.1. The summed E-state index contributed by atoms with van der Waals surface area (Å²) in [4.78, 5) is 4.38. The molecule has 0 aliphatic carbocycles. The Balaban J connectivity index is 3.58. The van der Waals surface area contributed by atoms with Crippen molar-refractivity contribution in [1.82, 2.24) is 10.6 Å². The molecule has 0 bridgehead atoms. The maximum Gasteiger partial charge on any atom is 0.191 e. The van der Waals surface area contributed by atoms with Crippen molar-refractivity contribution < 1.29 is 9.84 Å². The Labute approximate surface area is 98.3 Å². The first-order chi connectivity index (χ1) is 7.85. The molecule has 0 amide bonds. The minimum Gasteiger partial charge on any atom is -0.395 e. The molecule has 0 fully saturated rings. The standard InChI is InChI=1S/C11H25N3O2/c1-3-12-11(14-8-9-15)13-7-5-6-10-16-4-2/h15H,3-10H2,1-2H3,(H2,12,13,14). The molecule has 16 heavy (non-hydrogen) atoms. The Hall–Kier alpha value is -0.810. The van der Waals surface area contributed by atoms with Crippen LogP contribution in [0, 0.1) is 0 Å². The molecule has 0 aliphatic rings. The number of hydrogen-bond acceptors (Lipinski definition) is 3. The second kappa shape index (κ2) is 12.3. The van der Waals surface area contributed by atoms with Crippen molar-refractivity contribution in [3.05, 3.63) is 0 Å². The Bertz CT molecular complexity index is 175. The molecule has 0 spiro atoms. The van der Waals surface area contributed by atoms with Crippen LogP contribution < -0.4 is 10.6 Å². The molecule has 0 saturated heterocycles. The summed E-state index contributed by atoms with van der Waals surface area (Å²) in [7, 11) is 0. The van der Waals surface area contributed by atoms with Gasteiger partial charge in [0.1, 0.15) is 0 Å². The van der Waals surface area contributed by atoms with Crippen LogP contribution >= 0.6 is 0 Å². The Morgan fingerprint density at radius 2 is 2.06 bits per heavy atom. The lowest BCUT2D eigenvalue weighted by molar-refractivity contribution is 0.144. The molecule has 5 nitrogen and oxygen atoms in total. The van der Waals surface area contributed by atoms with Crippen molar-refractivity contribution in [2.24, 2.45) is 4.99 Å². The third kappa shape index (κ3) is 9.73. The summed E-state index contributed by atoms with van der Waals surface area (Å²) in [5.74, 6) is 0.771. The monoisotopic (exact) mass is 231 g/mol. The van der Waals surface area contributed by atoms with Crippen LogP contribution in [0.4, 0.5) is 0 Å². The molecule has 96 valence electrons. The van der Waals surface area contributed by atoms with Gasteiger partial charge in [-0.1, -0.05) is 0 Å². The van der Waals surface area contributed by atoms with E-state index in [0.717, 1.165) is 45.1 Å². The first kappa shape index (κ1) is 15.2. The number of nitrogens with zero attached hydrogens (tertiary/aromatic N) is 1. The number of unbranched alkanes of at least 4 members (excludes halogenated alkanes) is 1. The zero-order valence-electron chi connectivity index (χ0n) is 10.5. The highest BCUT2D eigenvalue weighted by atomic mass is 16.5. The van der Waals surface area contributed by atoms with Crippen LogP contribution in [0.2, 0.25) is 0 Å². The van der Waals surface area contributed by atoms with E-state index in [9.17, 15) is 0 Å². The molecule has 0 aromatic rings. The normalized spacial score (nSPS) is 11.6. The van der Waals surface area contributed by atoms with Crippen LogP contribution in [0.25, 0.3) is 0 Å². The summed E-state index contributed by atoms with van der Waals surface area (Å²) in [5, 5.41) is 14.8. The first-order valence-electron chi connectivity index (χ1n) is 6.05. The van der Waals surface area contributed by atoms with E-state index in [0.29, 0.717) is 6.54 Å². The van der Waals surface area contributed by atoms with Crippen LogP contribution in [0.1, 0.15) is 26.7 Å². The summed E-state index contributed by atoms with van der Waals surface area (Å²) < 4.78 is 5.24. The summed E-state index contributed by atoms with van der Waals surface area (Å²) >= 11 is 0. The molecule has 0 aliphatic heterocycles. The maximum absolute atomic E-state index is 8.69. The number of aliphatic imine (C=N–C) groups is 1. The summed E-state index contributed by atoms with van der Waals surface area (Å²) in [6.07, 6.45) is 2.06. The molecule has 0 rings (SSSR count). The van der Waals surface area contributed by atoms with E-state index in [1.807, 2.05) is 13.8 Å². The number of guanidine groups is 1. The largest absolute Gasteiger partial charge is 0.395 e. The van der Waals surface area contributed by atoms with Gasteiger partial charge in [-0.15, -0.1) is 0 Å². The second-order valence-corrected chi connectivity index (χ2v) is 3.32. The fraction of sp³-hybridized carbons (Fsp3) is 0.909. The second-order valence-electron chi connectivity index (χ2n) is 3.32. The highest BCUT2D eigenvalue weighted by Crippen LogP contribution is 1.90. The van der Waals surface area contributed by atoms with Crippen molar-refractivity contribution in [1.29, 1.82) is 0 Å². The molecule has 0 radical (unpaired) electrons. The van der Waals surface area contributed by atoms with Gasteiger partial charge in [0.25, 0.3) is 0 Å². The summed E-state index contributed by atoms with van der Waals surface area (Å²) in [6, 6.07) is 0. The van der Waals surface area contributed by atoms with Crippen molar-refractivity contribution in [2.45, 2.75) is 26.7 Å². The van der Waals surface area contributed by atoms with Gasteiger partial charge in [-0.05, 0) is 26.7 Å². The van der Waals surface area contributed by atoms with Crippen LogP contribution in [-0.2, 0) is 4.74 Å². The van der Waals surface area contributed by atoms with E-state index in [2.05, 4.69) is 15.6 Å². The minimum atomic E-state index is 0.120. The van der Waals surface area contributed by atoms with Crippen molar-refractivity contribution >= 4 is 5.96 Å². The lowest BCUT2D eigenvalue weighted by atomic mass is 10.3. The fourth-order valence-corrected chi connectivity index (χ4v) is 1.17. The third-order valence-corrected chi connectivity index (χ3v) is 1.92. The lowest BCUT2D eigenvalue weighted by Gasteiger charge is -2.09. The predicted octanol–water partition coefficient (Wildman–Crippen LogP) is 0.351. The van der Waals surface area contributed by atoms with Crippen LogP contribution in [-0.4, -0.2) is 50.5 Å². The number of aliphatic hydroxyl groups is 1. The fourth-order valence-electron chi connectivity index (χ4n) is 1.17. The number of nitrogens with one attached hydrogen (secondary N) is 2. The number of ether oxygens (including phenoxy) is 1. The number of rotatable bonds is 9. The summed E-state index contributed by atoms with van der Waals surface area (Å²) in [5.41, 5.74) is 0. The van der Waals surface area contributed by atoms with Gasteiger partial charge in [-0.2, -0.15) is 0 Å². The first-order valence-corrected chi connectivity index (χ1v) is 6.05. The van der Waals surface area contributed by atoms with Crippen LogP contribution in [0.3, 0.4) is 0 Å². The topological polar surface area (TPSA) is 65.9 Å². The Kier molecular flexibility index (Phi) is 11.6. The highest BCUT2D eigenvalue weighted by molar-refractivity contribution is 5.79.